The van der Waals surface area contributed by atoms with Crippen molar-refractivity contribution in [1.82, 2.24) is 9.79 Å². The molecule has 0 aliphatic rings. The van der Waals surface area contributed by atoms with Gasteiger partial charge in [-0.1, -0.05) is 56.3 Å². The zero-order valence-corrected chi connectivity index (χ0v) is 20.5. The molecule has 3 aromatic carbocycles. The van der Waals surface area contributed by atoms with E-state index in [1.165, 1.54) is 12.5 Å². The van der Waals surface area contributed by atoms with Crippen LogP contribution in [0, 0.1) is 5.92 Å². The first-order valence-corrected chi connectivity index (χ1v) is 12.4. The molecule has 7 nitrogen and oxygen atoms in total. The number of amides is 2. The van der Waals surface area contributed by atoms with Crippen LogP contribution in [0.4, 0.5) is 5.69 Å². The number of carbonyl (C=O) groups excluding carboxylic acids is 2. The number of hydroxylamine groups is 1. The summed E-state index contributed by atoms with van der Waals surface area (Å²) in [5.74, 6) is -0.901. The molecule has 0 spiro atoms. The topological polar surface area (TPSA) is 98.7 Å². The Hall–Kier alpha value is -3.07. The fourth-order valence-corrected chi connectivity index (χ4v) is 5.51. The molecule has 0 saturated heterocycles. The van der Waals surface area contributed by atoms with Gasteiger partial charge in [-0.25, -0.2) is 14.0 Å². The van der Waals surface area contributed by atoms with Crippen molar-refractivity contribution in [3.8, 4) is 0 Å². The summed E-state index contributed by atoms with van der Waals surface area (Å²) in [7, 11) is -1.63. The van der Waals surface area contributed by atoms with E-state index in [0.29, 0.717) is 23.5 Å². The lowest BCUT2D eigenvalue weighted by molar-refractivity contribution is -0.134. The minimum atomic E-state index is -1.63. The molecular weight excluding hydrogens is 450 g/mol. The van der Waals surface area contributed by atoms with Crippen molar-refractivity contribution in [1.29, 1.82) is 0 Å². The summed E-state index contributed by atoms with van der Waals surface area (Å²) in [6.45, 7) is 5.60. The summed E-state index contributed by atoms with van der Waals surface area (Å²) in [5.41, 5.74) is 3.60. The van der Waals surface area contributed by atoms with Gasteiger partial charge in [0, 0.05) is 19.2 Å². The van der Waals surface area contributed by atoms with Crippen LogP contribution in [0.2, 0.25) is 0 Å². The molecule has 0 bridgehead atoms. The number of hydrogen-bond acceptors (Lipinski definition) is 4. The molecule has 0 saturated carbocycles. The molecule has 0 aliphatic carbocycles. The van der Waals surface area contributed by atoms with Gasteiger partial charge in [0.15, 0.2) is 0 Å². The highest BCUT2D eigenvalue weighted by atomic mass is 32.2. The van der Waals surface area contributed by atoms with Crippen LogP contribution in [0.15, 0.2) is 71.6 Å². The summed E-state index contributed by atoms with van der Waals surface area (Å²) >= 11 is 0. The maximum atomic E-state index is 13.7. The Morgan fingerprint density at radius 3 is 2.32 bits per heavy atom. The Balaban J connectivity index is 1.88. The third-order valence-corrected chi connectivity index (χ3v) is 7.05. The molecule has 2 atom stereocenters. The molecule has 180 valence electrons. The average molecular weight is 482 g/mol. The lowest BCUT2D eigenvalue weighted by Crippen LogP contribution is -2.50. The number of hydrogen-bond donors (Lipinski definition) is 3. The molecule has 0 radical (unpaired) electrons. The fourth-order valence-electron chi connectivity index (χ4n) is 3.99. The second-order valence-electron chi connectivity index (χ2n) is 8.55. The van der Waals surface area contributed by atoms with Crippen LogP contribution in [0.5, 0.6) is 0 Å². The summed E-state index contributed by atoms with van der Waals surface area (Å²) in [5, 5.41) is 13.9. The number of benzene rings is 3. The van der Waals surface area contributed by atoms with Gasteiger partial charge in [0.2, 0.25) is 5.91 Å². The SMILES string of the molecule is CC(=O)Nc1ccc2cc(S(=O)N(CCCc3ccccc3)[C@@H](C(=O)NO)C(C)C)ccc2c1. The van der Waals surface area contributed by atoms with E-state index in [1.54, 1.807) is 21.9 Å². The summed E-state index contributed by atoms with van der Waals surface area (Å²) in [4.78, 5) is 24.4. The largest absolute Gasteiger partial charge is 0.326 e. The molecule has 0 heterocycles. The van der Waals surface area contributed by atoms with E-state index in [9.17, 15) is 19.0 Å². The minimum absolute atomic E-state index is 0.148. The Bertz CT molecular complexity index is 1170. The number of nitrogens with one attached hydrogen (secondary N) is 2. The van der Waals surface area contributed by atoms with E-state index >= 15 is 0 Å². The third kappa shape index (κ3) is 6.50. The van der Waals surface area contributed by atoms with Gasteiger partial charge < -0.3 is 5.32 Å². The Kier molecular flexibility index (Phi) is 8.92. The van der Waals surface area contributed by atoms with Gasteiger partial charge >= 0.3 is 0 Å². The van der Waals surface area contributed by atoms with Crippen LogP contribution in [0.1, 0.15) is 32.8 Å². The normalized spacial score (nSPS) is 13.1. The first kappa shape index (κ1) is 25.6. The zero-order chi connectivity index (χ0) is 24.7. The van der Waals surface area contributed by atoms with Crippen molar-refractivity contribution in [2.45, 2.75) is 44.6 Å². The number of carbonyl (C=O) groups is 2. The van der Waals surface area contributed by atoms with Crippen LogP contribution >= 0.6 is 0 Å². The highest BCUT2D eigenvalue weighted by Crippen LogP contribution is 2.25. The zero-order valence-electron chi connectivity index (χ0n) is 19.7. The summed E-state index contributed by atoms with van der Waals surface area (Å²) < 4.78 is 15.4. The molecule has 3 N–H and O–H groups in total. The van der Waals surface area contributed by atoms with Gasteiger partial charge in [-0.15, -0.1) is 0 Å². The lowest BCUT2D eigenvalue weighted by Gasteiger charge is -2.31. The van der Waals surface area contributed by atoms with Crippen molar-refractivity contribution in [3.63, 3.8) is 0 Å². The van der Waals surface area contributed by atoms with Crippen molar-refractivity contribution < 1.29 is 19.0 Å². The van der Waals surface area contributed by atoms with E-state index in [0.717, 1.165) is 17.2 Å². The van der Waals surface area contributed by atoms with E-state index in [4.69, 9.17) is 0 Å². The van der Waals surface area contributed by atoms with Gasteiger partial charge in [-0.05, 0) is 59.4 Å². The number of anilines is 1. The second-order valence-corrected chi connectivity index (χ2v) is 9.99. The van der Waals surface area contributed by atoms with E-state index in [2.05, 4.69) is 5.32 Å². The molecule has 34 heavy (non-hydrogen) atoms. The minimum Gasteiger partial charge on any atom is -0.326 e. The molecule has 3 rings (SSSR count). The molecule has 0 fully saturated rings. The highest BCUT2D eigenvalue weighted by molar-refractivity contribution is 7.82. The molecule has 2 amide bonds. The van der Waals surface area contributed by atoms with E-state index < -0.39 is 22.9 Å². The Labute approximate surface area is 202 Å². The maximum absolute atomic E-state index is 13.7. The molecule has 1 unspecified atom stereocenters. The second kappa shape index (κ2) is 11.9. The first-order valence-electron chi connectivity index (χ1n) is 11.3. The Morgan fingerprint density at radius 2 is 1.68 bits per heavy atom. The number of nitrogens with zero attached hydrogens (tertiary/aromatic N) is 1. The summed E-state index contributed by atoms with van der Waals surface area (Å²) in [6, 6.07) is 20.2. The fraction of sp³-hybridized carbons (Fsp3) is 0.308. The molecule has 0 aromatic heterocycles. The maximum Gasteiger partial charge on any atom is 0.261 e. The van der Waals surface area contributed by atoms with Crippen LogP contribution < -0.4 is 10.8 Å². The van der Waals surface area contributed by atoms with Gasteiger partial charge in [-0.2, -0.15) is 0 Å². The molecule has 0 aliphatic heterocycles. The van der Waals surface area contributed by atoms with Gasteiger partial charge in [-0.3, -0.25) is 14.8 Å². The summed E-state index contributed by atoms with van der Waals surface area (Å²) in [6.07, 6.45) is 1.48. The van der Waals surface area contributed by atoms with Crippen LogP contribution in [-0.2, 0) is 27.0 Å². The van der Waals surface area contributed by atoms with Crippen LogP contribution in [0.3, 0.4) is 0 Å². The number of aryl methyl sites for hydroxylation is 1. The van der Waals surface area contributed by atoms with Crippen molar-refractivity contribution >= 4 is 39.3 Å². The van der Waals surface area contributed by atoms with Crippen LogP contribution in [0.25, 0.3) is 10.8 Å². The van der Waals surface area contributed by atoms with Crippen molar-refractivity contribution in [2.24, 2.45) is 5.92 Å². The quantitative estimate of drug-likeness (QED) is 0.297. The average Bonchev–Trinajstić information content (AvgIpc) is 2.82. The first-order chi connectivity index (χ1) is 16.3. The van der Waals surface area contributed by atoms with Crippen molar-refractivity contribution in [2.75, 3.05) is 11.9 Å². The van der Waals surface area contributed by atoms with E-state index in [1.807, 2.05) is 68.4 Å². The monoisotopic (exact) mass is 481 g/mol. The highest BCUT2D eigenvalue weighted by Gasteiger charge is 2.33. The third-order valence-electron chi connectivity index (χ3n) is 5.55. The van der Waals surface area contributed by atoms with E-state index in [-0.39, 0.29) is 11.8 Å². The van der Waals surface area contributed by atoms with Crippen LogP contribution in [-0.4, -0.2) is 38.1 Å². The molecular formula is C26H31N3O4S. The predicted molar refractivity (Wildman–Crippen MR) is 135 cm³/mol. The van der Waals surface area contributed by atoms with Gasteiger partial charge in [0.05, 0.1) is 4.90 Å². The smallest absolute Gasteiger partial charge is 0.261 e. The number of fused-ring (bicyclic) bond motifs is 1. The standard InChI is InChI=1S/C26H31N3O4S/c1-18(2)25(26(31)28-32)29(15-7-10-20-8-5-4-6-9-20)34(33)24-14-12-21-16-23(27-19(3)30)13-11-22(21)17-24/h4-6,8-9,11-14,16-18,25,32H,7,10,15H2,1-3H3,(H,27,30)(H,28,31)/t25-,34?/m1/s1. The predicted octanol–water partition coefficient (Wildman–Crippen LogP) is 4.29. The lowest BCUT2D eigenvalue weighted by atomic mass is 10.0. The van der Waals surface area contributed by atoms with Gasteiger partial charge in [0.1, 0.15) is 17.0 Å². The van der Waals surface area contributed by atoms with Gasteiger partial charge in [0.25, 0.3) is 5.91 Å². The van der Waals surface area contributed by atoms with Crippen molar-refractivity contribution in [3.05, 3.63) is 72.3 Å². The molecule has 3 aromatic rings. The Morgan fingerprint density at radius 1 is 1.00 bits per heavy atom. The number of rotatable bonds is 10. The molecule has 8 heteroatoms.